The van der Waals surface area contributed by atoms with Gasteiger partial charge < -0.3 is 19.9 Å². The number of aliphatic hydroxyl groups is 1. The van der Waals surface area contributed by atoms with Crippen molar-refractivity contribution in [1.82, 2.24) is 5.32 Å². The van der Waals surface area contributed by atoms with Crippen molar-refractivity contribution in [2.24, 2.45) is 0 Å². The number of ether oxygens (including phenoxy) is 2. The van der Waals surface area contributed by atoms with Gasteiger partial charge in [0.15, 0.2) is 0 Å². The fraction of sp³-hybridized carbons (Fsp3) is 0.625. The van der Waals surface area contributed by atoms with Gasteiger partial charge in [-0.1, -0.05) is 12.1 Å². The Hall–Kier alpha value is -1.01. The number of aryl methyl sites for hydroxylation is 1. The first kappa shape index (κ1) is 18.0. The van der Waals surface area contributed by atoms with Crippen LogP contribution in [-0.4, -0.2) is 44.2 Å². The van der Waals surface area contributed by atoms with Crippen LogP contribution in [0.25, 0.3) is 0 Å². The number of benzene rings is 1. The Balaban J connectivity index is 2.25. The van der Waals surface area contributed by atoms with E-state index >= 15 is 0 Å². The van der Waals surface area contributed by atoms with Gasteiger partial charge in [-0.25, -0.2) is 4.39 Å². The molecule has 0 saturated carbocycles. The van der Waals surface area contributed by atoms with Crippen LogP contribution < -0.4 is 5.32 Å². The van der Waals surface area contributed by atoms with E-state index in [2.05, 4.69) is 5.32 Å². The van der Waals surface area contributed by atoms with Gasteiger partial charge in [0.25, 0.3) is 0 Å². The topological polar surface area (TPSA) is 50.7 Å². The summed E-state index contributed by atoms with van der Waals surface area (Å²) in [6.07, 6.45) is -0.593. The zero-order valence-corrected chi connectivity index (χ0v) is 13.1. The van der Waals surface area contributed by atoms with Crippen molar-refractivity contribution in [2.75, 3.05) is 33.0 Å². The first-order valence-electron chi connectivity index (χ1n) is 7.37. The number of rotatable bonds is 10. The Bertz CT molecular complexity index is 415. The fourth-order valence-corrected chi connectivity index (χ4v) is 1.85. The molecule has 0 fully saturated rings. The van der Waals surface area contributed by atoms with E-state index in [1.54, 1.807) is 13.0 Å². The van der Waals surface area contributed by atoms with Gasteiger partial charge in [-0.15, -0.1) is 0 Å². The van der Waals surface area contributed by atoms with Crippen molar-refractivity contribution in [3.05, 3.63) is 35.1 Å². The molecule has 1 aromatic carbocycles. The van der Waals surface area contributed by atoms with Crippen molar-refractivity contribution in [3.63, 3.8) is 0 Å². The third-order valence-electron chi connectivity index (χ3n) is 3.24. The smallest absolute Gasteiger partial charge is 0.126 e. The molecule has 21 heavy (non-hydrogen) atoms. The highest BCUT2D eigenvalue weighted by atomic mass is 19.1. The van der Waals surface area contributed by atoms with Crippen LogP contribution in [0.5, 0.6) is 0 Å². The SMILES string of the molecule is CCOCCOCC(O)CNC(C)c1ccc(C)c(F)c1. The minimum atomic E-state index is -0.593. The average Bonchev–Trinajstić information content (AvgIpc) is 2.47. The number of hydrogen-bond donors (Lipinski definition) is 2. The monoisotopic (exact) mass is 299 g/mol. The molecule has 0 amide bonds. The molecule has 120 valence electrons. The van der Waals surface area contributed by atoms with Crippen molar-refractivity contribution < 1.29 is 19.0 Å². The Labute approximate surface area is 126 Å². The number of nitrogens with one attached hydrogen (secondary N) is 1. The zero-order chi connectivity index (χ0) is 15.7. The van der Waals surface area contributed by atoms with Crippen molar-refractivity contribution >= 4 is 0 Å². The van der Waals surface area contributed by atoms with Crippen LogP contribution >= 0.6 is 0 Å². The summed E-state index contributed by atoms with van der Waals surface area (Å²) in [6, 6.07) is 5.15. The highest BCUT2D eigenvalue weighted by Crippen LogP contribution is 2.16. The van der Waals surface area contributed by atoms with E-state index in [9.17, 15) is 9.50 Å². The quantitative estimate of drug-likeness (QED) is 0.650. The predicted octanol–water partition coefficient (Wildman–Crippen LogP) is 2.20. The first-order chi connectivity index (χ1) is 10.0. The van der Waals surface area contributed by atoms with Gasteiger partial charge in [0.2, 0.25) is 0 Å². The lowest BCUT2D eigenvalue weighted by Gasteiger charge is -2.18. The van der Waals surface area contributed by atoms with Crippen LogP contribution in [0.2, 0.25) is 0 Å². The van der Waals surface area contributed by atoms with Crippen LogP contribution in [0.3, 0.4) is 0 Å². The molecule has 0 aliphatic carbocycles. The summed E-state index contributed by atoms with van der Waals surface area (Å²) < 4.78 is 23.9. The average molecular weight is 299 g/mol. The second-order valence-corrected chi connectivity index (χ2v) is 5.06. The molecule has 5 heteroatoms. The normalized spacial score (nSPS) is 14.1. The number of halogens is 1. The summed E-state index contributed by atoms with van der Waals surface area (Å²) in [5.41, 5.74) is 1.50. The van der Waals surface area contributed by atoms with Gasteiger partial charge in [-0.05, 0) is 38.0 Å². The second kappa shape index (κ2) is 9.84. The van der Waals surface area contributed by atoms with Gasteiger partial charge in [-0.3, -0.25) is 0 Å². The van der Waals surface area contributed by atoms with Gasteiger partial charge in [0.05, 0.1) is 25.9 Å². The van der Waals surface area contributed by atoms with Crippen molar-refractivity contribution in [2.45, 2.75) is 32.9 Å². The van der Waals surface area contributed by atoms with E-state index in [0.29, 0.717) is 31.9 Å². The van der Waals surface area contributed by atoms with Crippen LogP contribution in [-0.2, 0) is 9.47 Å². The van der Waals surface area contributed by atoms with E-state index in [1.165, 1.54) is 6.07 Å². The van der Waals surface area contributed by atoms with E-state index in [4.69, 9.17) is 9.47 Å². The summed E-state index contributed by atoms with van der Waals surface area (Å²) in [5.74, 6) is -0.207. The van der Waals surface area contributed by atoms with Gasteiger partial charge in [0.1, 0.15) is 5.82 Å². The first-order valence-corrected chi connectivity index (χ1v) is 7.37. The minimum absolute atomic E-state index is 0.0295. The van der Waals surface area contributed by atoms with E-state index < -0.39 is 6.10 Å². The molecule has 0 aliphatic heterocycles. The Kier molecular flexibility index (Phi) is 8.45. The van der Waals surface area contributed by atoms with E-state index in [0.717, 1.165) is 5.56 Å². The standard InChI is InChI=1S/C16H26FNO3/c1-4-20-7-8-21-11-15(19)10-18-13(3)14-6-5-12(2)16(17)9-14/h5-6,9,13,15,18-19H,4,7-8,10-11H2,1-3H3. The minimum Gasteiger partial charge on any atom is -0.389 e. The molecule has 4 nitrogen and oxygen atoms in total. The van der Waals surface area contributed by atoms with Crippen LogP contribution in [0, 0.1) is 12.7 Å². The third kappa shape index (κ3) is 7.00. The molecule has 0 radical (unpaired) electrons. The second-order valence-electron chi connectivity index (χ2n) is 5.06. The van der Waals surface area contributed by atoms with Gasteiger partial charge in [0, 0.05) is 19.2 Å². The summed E-state index contributed by atoms with van der Waals surface area (Å²) in [5, 5.41) is 13.0. The maximum Gasteiger partial charge on any atom is 0.126 e. The molecule has 0 saturated heterocycles. The summed E-state index contributed by atoms with van der Waals surface area (Å²) in [7, 11) is 0. The molecule has 2 unspecified atom stereocenters. The Morgan fingerprint density at radius 1 is 1.29 bits per heavy atom. The molecule has 0 heterocycles. The fourth-order valence-electron chi connectivity index (χ4n) is 1.85. The van der Waals surface area contributed by atoms with Gasteiger partial charge in [-0.2, -0.15) is 0 Å². The van der Waals surface area contributed by atoms with Crippen LogP contribution in [0.15, 0.2) is 18.2 Å². The lowest BCUT2D eigenvalue weighted by atomic mass is 10.1. The highest BCUT2D eigenvalue weighted by molar-refractivity contribution is 5.25. The largest absolute Gasteiger partial charge is 0.389 e. The lowest BCUT2D eigenvalue weighted by molar-refractivity contribution is 0.00586. The molecule has 2 atom stereocenters. The third-order valence-corrected chi connectivity index (χ3v) is 3.24. The maximum atomic E-state index is 13.5. The maximum absolute atomic E-state index is 13.5. The summed E-state index contributed by atoms with van der Waals surface area (Å²) in [6.45, 7) is 7.93. The van der Waals surface area contributed by atoms with Crippen LogP contribution in [0.4, 0.5) is 4.39 Å². The Morgan fingerprint density at radius 3 is 2.67 bits per heavy atom. The molecule has 2 N–H and O–H groups in total. The predicted molar refractivity (Wildman–Crippen MR) is 80.9 cm³/mol. The summed E-state index contributed by atoms with van der Waals surface area (Å²) >= 11 is 0. The van der Waals surface area contributed by atoms with E-state index in [-0.39, 0.29) is 18.5 Å². The molecule has 0 aromatic heterocycles. The molecule has 0 aliphatic rings. The van der Waals surface area contributed by atoms with Gasteiger partial charge >= 0.3 is 0 Å². The molecular formula is C16H26FNO3. The van der Waals surface area contributed by atoms with Crippen LogP contribution in [0.1, 0.15) is 31.0 Å². The molecular weight excluding hydrogens is 273 g/mol. The molecule has 1 aromatic rings. The van der Waals surface area contributed by atoms with Crippen molar-refractivity contribution in [3.8, 4) is 0 Å². The number of hydrogen-bond acceptors (Lipinski definition) is 4. The summed E-state index contributed by atoms with van der Waals surface area (Å²) in [4.78, 5) is 0. The zero-order valence-electron chi connectivity index (χ0n) is 13.1. The molecule has 1 rings (SSSR count). The highest BCUT2D eigenvalue weighted by Gasteiger charge is 2.10. The number of aliphatic hydroxyl groups excluding tert-OH is 1. The molecule has 0 bridgehead atoms. The Morgan fingerprint density at radius 2 is 2.00 bits per heavy atom. The van der Waals surface area contributed by atoms with Crippen molar-refractivity contribution in [1.29, 1.82) is 0 Å². The lowest BCUT2D eigenvalue weighted by Crippen LogP contribution is -2.32. The van der Waals surface area contributed by atoms with E-state index in [1.807, 2.05) is 19.9 Å². The molecule has 0 spiro atoms.